The molecule has 5 rings (SSSR count). The number of anilines is 1. The molecule has 0 radical (unpaired) electrons. The van der Waals surface area contributed by atoms with E-state index < -0.39 is 0 Å². The van der Waals surface area contributed by atoms with Crippen molar-refractivity contribution in [3.8, 4) is 17.0 Å². The van der Waals surface area contributed by atoms with Gasteiger partial charge in [-0.15, -0.1) is 5.10 Å². The first kappa shape index (κ1) is 22.1. The lowest BCUT2D eigenvalue weighted by Crippen LogP contribution is -2.37. The molecule has 1 aliphatic rings. The van der Waals surface area contributed by atoms with Gasteiger partial charge in [0, 0.05) is 43.7 Å². The van der Waals surface area contributed by atoms with E-state index in [1.807, 2.05) is 30.6 Å². The molecule has 1 fully saturated rings. The van der Waals surface area contributed by atoms with E-state index in [4.69, 9.17) is 14.6 Å². The molecule has 4 heterocycles. The highest BCUT2D eigenvalue weighted by molar-refractivity contribution is 5.93. The molecule has 0 atom stereocenters. The molecule has 0 bridgehead atoms. The van der Waals surface area contributed by atoms with Crippen LogP contribution >= 0.6 is 0 Å². The second-order valence-corrected chi connectivity index (χ2v) is 8.91. The summed E-state index contributed by atoms with van der Waals surface area (Å²) in [5.74, 6) is 0.813. The zero-order chi connectivity index (χ0) is 23.9. The second kappa shape index (κ2) is 8.60. The molecule has 2 N–H and O–H groups in total. The number of methoxy groups -OCH3 is 2. The maximum atomic E-state index is 12.2. The van der Waals surface area contributed by atoms with E-state index in [1.165, 1.54) is 0 Å². The Morgan fingerprint density at radius 1 is 1.21 bits per heavy atom. The maximum Gasteiger partial charge on any atom is 0.269 e. The Bertz CT molecular complexity index is 1350. The summed E-state index contributed by atoms with van der Waals surface area (Å²) < 4.78 is 14.9. The van der Waals surface area contributed by atoms with Crippen LogP contribution in [0, 0.1) is 0 Å². The summed E-state index contributed by atoms with van der Waals surface area (Å²) in [6.07, 6.45) is 9.31. The monoisotopic (exact) mass is 463 g/mol. The maximum absolute atomic E-state index is 12.2. The molecule has 1 saturated carbocycles. The van der Waals surface area contributed by atoms with Gasteiger partial charge in [0.15, 0.2) is 0 Å². The van der Waals surface area contributed by atoms with Crippen molar-refractivity contribution >= 4 is 23.0 Å². The van der Waals surface area contributed by atoms with Crippen molar-refractivity contribution in [1.29, 1.82) is 0 Å². The van der Waals surface area contributed by atoms with Gasteiger partial charge < -0.3 is 20.1 Å². The molecule has 0 aliphatic heterocycles. The topological polar surface area (TPSA) is 107 Å². The van der Waals surface area contributed by atoms with Gasteiger partial charge in [0.05, 0.1) is 18.9 Å². The summed E-state index contributed by atoms with van der Waals surface area (Å²) >= 11 is 0. The number of rotatable bonds is 6. The zero-order valence-electron chi connectivity index (χ0n) is 19.8. The number of imidazole rings is 1. The highest BCUT2D eigenvalue weighted by Gasteiger charge is 2.31. The number of nitrogens with one attached hydrogen (secondary N) is 2. The molecule has 10 nitrogen and oxygen atoms in total. The normalized spacial score (nSPS) is 20.5. The minimum Gasteiger partial charge on any atom is -0.479 e. The van der Waals surface area contributed by atoms with Crippen molar-refractivity contribution in [3.05, 3.63) is 42.5 Å². The van der Waals surface area contributed by atoms with Crippen LogP contribution in [0.2, 0.25) is 0 Å². The van der Waals surface area contributed by atoms with E-state index in [2.05, 4.69) is 27.5 Å². The first-order valence-electron chi connectivity index (χ1n) is 11.4. The Balaban J connectivity index is 1.48. The van der Waals surface area contributed by atoms with Crippen molar-refractivity contribution in [2.45, 2.75) is 44.2 Å². The fourth-order valence-corrected chi connectivity index (χ4v) is 4.62. The molecule has 0 spiro atoms. The third-order valence-corrected chi connectivity index (χ3v) is 6.82. The number of hydrogen-bond donors (Lipinski definition) is 2. The minimum absolute atomic E-state index is 0.0516. The average molecular weight is 464 g/mol. The van der Waals surface area contributed by atoms with Crippen molar-refractivity contribution in [2.75, 3.05) is 26.6 Å². The third kappa shape index (κ3) is 3.83. The highest BCUT2D eigenvalue weighted by atomic mass is 16.5. The van der Waals surface area contributed by atoms with Crippen LogP contribution in [0.5, 0.6) is 5.88 Å². The van der Waals surface area contributed by atoms with Crippen molar-refractivity contribution < 1.29 is 14.3 Å². The molecular formula is C24H29N7O3. The Morgan fingerprint density at radius 3 is 2.71 bits per heavy atom. The number of fused-ring (bicyclic) bond motifs is 2. The summed E-state index contributed by atoms with van der Waals surface area (Å²) in [5, 5.41) is 10.8. The van der Waals surface area contributed by atoms with Crippen LogP contribution < -0.4 is 15.4 Å². The van der Waals surface area contributed by atoms with Gasteiger partial charge in [-0.3, -0.25) is 9.20 Å². The summed E-state index contributed by atoms with van der Waals surface area (Å²) in [6, 6.07) is 6.10. The largest absolute Gasteiger partial charge is 0.479 e. The third-order valence-electron chi connectivity index (χ3n) is 6.82. The zero-order valence-corrected chi connectivity index (χ0v) is 19.8. The fourth-order valence-electron chi connectivity index (χ4n) is 4.62. The fraction of sp³-hybridized carbons (Fsp3) is 0.417. The van der Waals surface area contributed by atoms with Gasteiger partial charge in [0.2, 0.25) is 11.8 Å². The second-order valence-electron chi connectivity index (χ2n) is 8.91. The van der Waals surface area contributed by atoms with Crippen LogP contribution in [-0.4, -0.2) is 62.8 Å². The molecule has 10 heteroatoms. The van der Waals surface area contributed by atoms with Crippen LogP contribution in [0.4, 0.5) is 5.95 Å². The van der Waals surface area contributed by atoms with E-state index in [1.54, 1.807) is 36.4 Å². The molecule has 34 heavy (non-hydrogen) atoms. The Kier molecular flexibility index (Phi) is 5.60. The molecule has 0 saturated heterocycles. The van der Waals surface area contributed by atoms with Gasteiger partial charge in [0.1, 0.15) is 16.9 Å². The van der Waals surface area contributed by atoms with E-state index in [9.17, 15) is 4.79 Å². The summed E-state index contributed by atoms with van der Waals surface area (Å²) in [7, 11) is 4.99. The highest BCUT2D eigenvalue weighted by Crippen LogP contribution is 2.34. The average Bonchev–Trinajstić information content (AvgIpc) is 3.48. The SMILES string of the molecule is CNC(=O)c1cnc2ccc(-c3ccn4nc(N[C@H]5CC[C@@](C)(OC)CC5)nc(OC)c34)cn12. The predicted octanol–water partition coefficient (Wildman–Crippen LogP) is 3.17. The van der Waals surface area contributed by atoms with Gasteiger partial charge in [-0.25, -0.2) is 9.50 Å². The number of carbonyl (C=O) groups excluding carboxylic acids is 1. The molecule has 4 aromatic rings. The van der Waals surface area contributed by atoms with Crippen LogP contribution in [0.15, 0.2) is 36.8 Å². The number of ether oxygens (including phenoxy) is 2. The molecule has 1 amide bonds. The lowest BCUT2D eigenvalue weighted by Gasteiger charge is -2.36. The van der Waals surface area contributed by atoms with E-state index in [0.29, 0.717) is 23.2 Å². The van der Waals surface area contributed by atoms with E-state index in [0.717, 1.165) is 42.3 Å². The number of nitrogens with zero attached hydrogens (tertiary/aromatic N) is 5. The van der Waals surface area contributed by atoms with E-state index in [-0.39, 0.29) is 17.6 Å². The van der Waals surface area contributed by atoms with Gasteiger partial charge in [-0.1, -0.05) is 0 Å². The van der Waals surface area contributed by atoms with Crippen molar-refractivity contribution in [1.82, 2.24) is 29.3 Å². The molecule has 0 unspecified atom stereocenters. The lowest BCUT2D eigenvalue weighted by molar-refractivity contribution is -0.0253. The smallest absolute Gasteiger partial charge is 0.269 e. The Hall–Kier alpha value is -3.66. The number of hydrogen-bond acceptors (Lipinski definition) is 7. The Morgan fingerprint density at radius 2 is 2.00 bits per heavy atom. The molecule has 1 aliphatic carbocycles. The van der Waals surface area contributed by atoms with Gasteiger partial charge in [0.25, 0.3) is 5.91 Å². The van der Waals surface area contributed by atoms with Crippen molar-refractivity contribution in [2.24, 2.45) is 0 Å². The van der Waals surface area contributed by atoms with Gasteiger partial charge in [-0.05, 0) is 50.8 Å². The number of carbonyl (C=O) groups is 1. The van der Waals surface area contributed by atoms with Crippen LogP contribution in [0.1, 0.15) is 43.1 Å². The molecule has 4 aromatic heterocycles. The molecule has 0 aromatic carbocycles. The van der Waals surface area contributed by atoms with Crippen LogP contribution in [0.3, 0.4) is 0 Å². The van der Waals surface area contributed by atoms with Crippen molar-refractivity contribution in [3.63, 3.8) is 0 Å². The first-order valence-corrected chi connectivity index (χ1v) is 11.4. The quantitative estimate of drug-likeness (QED) is 0.452. The van der Waals surface area contributed by atoms with Gasteiger partial charge in [-0.2, -0.15) is 4.98 Å². The molecular weight excluding hydrogens is 434 g/mol. The summed E-state index contributed by atoms with van der Waals surface area (Å²) in [6.45, 7) is 2.16. The number of amides is 1. The first-order chi connectivity index (χ1) is 16.4. The Labute approximate surface area is 197 Å². The standard InChI is InChI=1S/C24H29N7O3/c1-24(34-4)10-7-16(8-11-24)27-23-28-22(33-3)20-17(9-12-31(20)29-23)15-5-6-19-26-13-18(21(32)25-2)30(19)14-15/h5-6,9,12-14,16H,7-8,10-11H2,1-4H3,(H,25,32)(H,27,29)/t16-,24+. The lowest BCUT2D eigenvalue weighted by atomic mass is 9.83. The van der Waals surface area contributed by atoms with Gasteiger partial charge >= 0.3 is 0 Å². The minimum atomic E-state index is -0.198. The molecule has 178 valence electrons. The predicted molar refractivity (Wildman–Crippen MR) is 128 cm³/mol. The van der Waals surface area contributed by atoms with Crippen LogP contribution in [0.25, 0.3) is 22.3 Å². The number of aromatic nitrogens is 5. The summed E-state index contributed by atoms with van der Waals surface area (Å²) in [4.78, 5) is 21.2. The van der Waals surface area contributed by atoms with Crippen LogP contribution in [-0.2, 0) is 4.74 Å². The summed E-state index contributed by atoms with van der Waals surface area (Å²) in [5.41, 5.74) is 3.66. The number of pyridine rings is 1. The van der Waals surface area contributed by atoms with E-state index >= 15 is 0 Å².